The number of thioether (sulfide) groups is 1. The first-order valence-electron chi connectivity index (χ1n) is 10.1. The fraction of sp³-hybridized carbons (Fsp3) is 0.318. The maximum atomic E-state index is 12.8. The quantitative estimate of drug-likeness (QED) is 0.423. The summed E-state index contributed by atoms with van der Waals surface area (Å²) in [6.07, 6.45) is 3.36. The Bertz CT molecular complexity index is 1010. The van der Waals surface area contributed by atoms with Crippen LogP contribution in [0.3, 0.4) is 0 Å². The topological polar surface area (TPSA) is 85.4 Å². The molecule has 1 atom stereocenters. The number of benzene rings is 1. The van der Waals surface area contributed by atoms with Gasteiger partial charge in [-0.2, -0.15) is 0 Å². The molecule has 0 saturated carbocycles. The van der Waals surface area contributed by atoms with Gasteiger partial charge in [-0.05, 0) is 43.3 Å². The number of rotatable bonds is 8. The van der Waals surface area contributed by atoms with Gasteiger partial charge < -0.3 is 19.4 Å². The number of carbonyl (C=O) groups is 1. The van der Waals surface area contributed by atoms with Gasteiger partial charge in [0.2, 0.25) is 11.7 Å². The molecular weight excluding hydrogens is 414 g/mol. The minimum Gasteiger partial charge on any atom is -0.461 e. The van der Waals surface area contributed by atoms with Crippen molar-refractivity contribution >= 4 is 29.0 Å². The normalized spacial score (nSPS) is 14.9. The molecule has 0 bridgehead atoms. The Morgan fingerprint density at radius 3 is 2.71 bits per heavy atom. The van der Waals surface area contributed by atoms with Gasteiger partial charge in [0.25, 0.3) is 0 Å². The molecule has 0 radical (unpaired) electrons. The summed E-state index contributed by atoms with van der Waals surface area (Å²) in [5.74, 6) is 1.13. The summed E-state index contributed by atoms with van der Waals surface area (Å²) < 4.78 is 12.7. The van der Waals surface area contributed by atoms with Gasteiger partial charge in [-0.1, -0.05) is 17.8 Å². The average molecular weight is 440 g/mol. The molecule has 9 heteroatoms. The maximum absolute atomic E-state index is 12.8. The predicted octanol–water partition coefficient (Wildman–Crippen LogP) is 3.68. The van der Waals surface area contributed by atoms with Crippen molar-refractivity contribution in [3.8, 4) is 11.6 Å². The second-order valence-electron chi connectivity index (χ2n) is 7.08. The second kappa shape index (κ2) is 9.84. The minimum atomic E-state index is -0.365. The van der Waals surface area contributed by atoms with Crippen molar-refractivity contribution in [2.45, 2.75) is 23.9 Å². The molecule has 1 aliphatic rings. The van der Waals surface area contributed by atoms with Gasteiger partial charge in [0.1, 0.15) is 0 Å². The molecule has 0 aliphatic carbocycles. The number of anilines is 2. The van der Waals surface area contributed by atoms with Crippen LogP contribution in [0.25, 0.3) is 11.6 Å². The van der Waals surface area contributed by atoms with E-state index in [1.54, 1.807) is 18.4 Å². The zero-order valence-corrected chi connectivity index (χ0v) is 18.2. The van der Waals surface area contributed by atoms with Crippen LogP contribution < -0.4 is 10.2 Å². The monoisotopic (exact) mass is 439 g/mol. The van der Waals surface area contributed by atoms with Crippen molar-refractivity contribution in [2.75, 3.05) is 36.5 Å². The van der Waals surface area contributed by atoms with Crippen molar-refractivity contribution in [3.05, 3.63) is 55.3 Å². The zero-order chi connectivity index (χ0) is 21.6. The molecule has 2 aromatic heterocycles. The summed E-state index contributed by atoms with van der Waals surface area (Å²) in [5.41, 5.74) is 1.89. The molecule has 1 amide bonds. The SMILES string of the molecule is C=CCn1c(SC(C)C(=O)Nc2ccc(N3CCOCC3)cc2)nnc1-c1ccco1. The van der Waals surface area contributed by atoms with Crippen LogP contribution in [-0.2, 0) is 16.1 Å². The van der Waals surface area contributed by atoms with E-state index in [9.17, 15) is 4.79 Å². The average Bonchev–Trinajstić information content (AvgIpc) is 3.46. The third kappa shape index (κ3) is 5.00. The zero-order valence-electron chi connectivity index (χ0n) is 17.4. The van der Waals surface area contributed by atoms with Gasteiger partial charge in [-0.15, -0.1) is 16.8 Å². The van der Waals surface area contributed by atoms with E-state index in [1.165, 1.54) is 11.8 Å². The van der Waals surface area contributed by atoms with Crippen LogP contribution in [0.4, 0.5) is 11.4 Å². The first-order chi connectivity index (χ1) is 15.2. The number of nitrogens with zero attached hydrogens (tertiary/aromatic N) is 4. The minimum absolute atomic E-state index is 0.100. The first-order valence-corrected chi connectivity index (χ1v) is 11.0. The fourth-order valence-electron chi connectivity index (χ4n) is 3.29. The number of hydrogen-bond acceptors (Lipinski definition) is 7. The fourth-order valence-corrected chi connectivity index (χ4v) is 4.15. The second-order valence-corrected chi connectivity index (χ2v) is 8.39. The molecule has 31 heavy (non-hydrogen) atoms. The standard InChI is InChI=1S/C22H25N5O3S/c1-3-10-27-20(19-5-4-13-30-19)24-25-22(27)31-16(2)21(28)23-17-6-8-18(9-7-17)26-11-14-29-15-12-26/h3-9,13,16H,1,10-12,14-15H2,2H3,(H,23,28). The Morgan fingerprint density at radius 1 is 1.26 bits per heavy atom. The van der Waals surface area contributed by atoms with Crippen LogP contribution >= 0.6 is 11.8 Å². The summed E-state index contributed by atoms with van der Waals surface area (Å²) in [6.45, 7) is 9.41. The van der Waals surface area contributed by atoms with Gasteiger partial charge in [0.15, 0.2) is 10.9 Å². The molecule has 1 N–H and O–H groups in total. The lowest BCUT2D eigenvalue weighted by Crippen LogP contribution is -2.36. The first kappa shape index (κ1) is 21.2. The predicted molar refractivity (Wildman–Crippen MR) is 121 cm³/mol. The van der Waals surface area contributed by atoms with Crippen molar-refractivity contribution in [1.82, 2.24) is 14.8 Å². The number of furan rings is 1. The van der Waals surface area contributed by atoms with Gasteiger partial charge in [0, 0.05) is 31.0 Å². The molecule has 3 heterocycles. The molecule has 8 nitrogen and oxygen atoms in total. The number of carbonyl (C=O) groups excluding carboxylic acids is 1. The van der Waals surface area contributed by atoms with Crippen molar-refractivity contribution < 1.29 is 13.9 Å². The molecule has 162 valence electrons. The summed E-state index contributed by atoms with van der Waals surface area (Å²) in [7, 11) is 0. The van der Waals surface area contributed by atoms with Crippen LogP contribution in [0.5, 0.6) is 0 Å². The van der Waals surface area contributed by atoms with Crippen LogP contribution in [0.15, 0.2) is 64.9 Å². The Balaban J connectivity index is 1.40. The van der Waals surface area contributed by atoms with Gasteiger partial charge >= 0.3 is 0 Å². The number of amides is 1. The Labute approximate surface area is 185 Å². The smallest absolute Gasteiger partial charge is 0.237 e. The Hall–Kier alpha value is -3.04. The number of nitrogens with one attached hydrogen (secondary N) is 1. The largest absolute Gasteiger partial charge is 0.461 e. The summed E-state index contributed by atoms with van der Waals surface area (Å²) in [6, 6.07) is 11.5. The maximum Gasteiger partial charge on any atom is 0.237 e. The summed E-state index contributed by atoms with van der Waals surface area (Å²) in [4.78, 5) is 15.0. The van der Waals surface area contributed by atoms with E-state index in [2.05, 4.69) is 27.0 Å². The molecule has 1 saturated heterocycles. The van der Waals surface area contributed by atoms with Gasteiger partial charge in [-0.3, -0.25) is 9.36 Å². The molecule has 1 unspecified atom stereocenters. The molecule has 1 aliphatic heterocycles. The highest BCUT2D eigenvalue weighted by atomic mass is 32.2. The highest BCUT2D eigenvalue weighted by Gasteiger charge is 2.21. The molecule has 1 aromatic carbocycles. The molecular formula is C22H25N5O3S. The lowest BCUT2D eigenvalue weighted by Gasteiger charge is -2.28. The molecule has 1 fully saturated rings. The number of hydrogen-bond donors (Lipinski definition) is 1. The van der Waals surface area contributed by atoms with E-state index >= 15 is 0 Å². The number of aromatic nitrogens is 3. The summed E-state index contributed by atoms with van der Waals surface area (Å²) >= 11 is 1.35. The highest BCUT2D eigenvalue weighted by molar-refractivity contribution is 8.00. The van der Waals surface area contributed by atoms with E-state index in [1.807, 2.05) is 41.8 Å². The third-order valence-electron chi connectivity index (χ3n) is 4.93. The van der Waals surface area contributed by atoms with E-state index < -0.39 is 0 Å². The van der Waals surface area contributed by atoms with Crippen LogP contribution in [0.2, 0.25) is 0 Å². The Kier molecular flexibility index (Phi) is 6.73. The van der Waals surface area contributed by atoms with Crippen LogP contribution in [-0.4, -0.2) is 52.2 Å². The van der Waals surface area contributed by atoms with E-state index in [0.29, 0.717) is 23.3 Å². The lowest BCUT2D eigenvalue weighted by atomic mass is 10.2. The van der Waals surface area contributed by atoms with Crippen molar-refractivity contribution in [3.63, 3.8) is 0 Å². The Morgan fingerprint density at radius 2 is 2.03 bits per heavy atom. The molecule has 0 spiro atoms. The summed E-state index contributed by atoms with van der Waals surface area (Å²) in [5, 5.41) is 11.7. The van der Waals surface area contributed by atoms with Crippen molar-refractivity contribution in [2.24, 2.45) is 0 Å². The van der Waals surface area contributed by atoms with E-state index in [-0.39, 0.29) is 11.2 Å². The molecule has 3 aromatic rings. The number of ether oxygens (including phenoxy) is 1. The molecule has 4 rings (SSSR count). The van der Waals surface area contributed by atoms with Crippen LogP contribution in [0.1, 0.15) is 6.92 Å². The lowest BCUT2D eigenvalue weighted by molar-refractivity contribution is -0.115. The number of allylic oxidation sites excluding steroid dienone is 1. The van der Waals surface area contributed by atoms with Gasteiger partial charge in [0.05, 0.1) is 24.7 Å². The third-order valence-corrected chi connectivity index (χ3v) is 6.01. The van der Waals surface area contributed by atoms with E-state index in [4.69, 9.17) is 9.15 Å². The van der Waals surface area contributed by atoms with Gasteiger partial charge in [-0.25, -0.2) is 0 Å². The number of morpholine rings is 1. The van der Waals surface area contributed by atoms with Crippen LogP contribution in [0, 0.1) is 0 Å². The van der Waals surface area contributed by atoms with Crippen molar-refractivity contribution in [1.29, 1.82) is 0 Å². The highest BCUT2D eigenvalue weighted by Crippen LogP contribution is 2.28. The van der Waals surface area contributed by atoms with E-state index in [0.717, 1.165) is 37.7 Å².